The average Bonchev–Trinajstić information content (AvgIpc) is 3.12. The van der Waals surface area contributed by atoms with E-state index in [1.165, 1.54) is 0 Å². The Hall–Kier alpha value is -2.37. The largest absolute Gasteiger partial charge is 0.334 e. The van der Waals surface area contributed by atoms with Crippen molar-refractivity contribution < 1.29 is 4.79 Å². The van der Waals surface area contributed by atoms with Gasteiger partial charge in [-0.25, -0.2) is 4.79 Å². The maximum Gasteiger partial charge on any atom is 0.318 e. The quantitative estimate of drug-likeness (QED) is 0.914. The Morgan fingerprint density at radius 3 is 2.86 bits per heavy atom. The molecule has 2 aromatic heterocycles. The van der Waals surface area contributed by atoms with Gasteiger partial charge in [0.15, 0.2) is 0 Å². The highest BCUT2D eigenvalue weighted by Crippen LogP contribution is 2.34. The fourth-order valence-corrected chi connectivity index (χ4v) is 3.14. The Balaban J connectivity index is 1.69. The summed E-state index contributed by atoms with van der Waals surface area (Å²) in [5.74, 6) is 0. The molecule has 0 aliphatic carbocycles. The highest BCUT2D eigenvalue weighted by Gasteiger charge is 2.32. The van der Waals surface area contributed by atoms with E-state index in [-0.39, 0.29) is 12.1 Å². The summed E-state index contributed by atoms with van der Waals surface area (Å²) in [5.41, 5.74) is 4.25. The van der Waals surface area contributed by atoms with E-state index in [0.29, 0.717) is 6.54 Å². The molecule has 1 unspecified atom stereocenters. The van der Waals surface area contributed by atoms with Crippen LogP contribution in [0, 0.1) is 13.8 Å². The number of hydrogen-bond donors (Lipinski definition) is 2. The van der Waals surface area contributed by atoms with Gasteiger partial charge in [-0.3, -0.25) is 10.1 Å². The van der Waals surface area contributed by atoms with Crippen LogP contribution in [0.15, 0.2) is 24.5 Å². The standard InChI is InChI=1S/C16H21N5O/c1-11-15(12(2)20-19-11)14-4-3-9-21(14)16(22)18-10-13-5-7-17-8-6-13/h5-8,14H,3-4,9-10H2,1-2H3,(H,18,22)(H,19,20). The first-order valence-electron chi connectivity index (χ1n) is 7.61. The van der Waals surface area contributed by atoms with Crippen molar-refractivity contribution in [1.82, 2.24) is 25.4 Å². The Kier molecular flexibility index (Phi) is 4.09. The van der Waals surface area contributed by atoms with Gasteiger partial charge in [0.1, 0.15) is 0 Å². The van der Waals surface area contributed by atoms with Crippen LogP contribution in [0.25, 0.3) is 0 Å². The molecule has 116 valence electrons. The van der Waals surface area contributed by atoms with E-state index < -0.39 is 0 Å². The number of likely N-dealkylation sites (tertiary alicyclic amines) is 1. The number of urea groups is 1. The summed E-state index contributed by atoms with van der Waals surface area (Å²) >= 11 is 0. The predicted molar refractivity (Wildman–Crippen MR) is 83.2 cm³/mol. The Morgan fingerprint density at radius 2 is 2.18 bits per heavy atom. The zero-order chi connectivity index (χ0) is 15.5. The van der Waals surface area contributed by atoms with Crippen molar-refractivity contribution in [3.05, 3.63) is 47.0 Å². The van der Waals surface area contributed by atoms with Crippen LogP contribution in [-0.2, 0) is 6.54 Å². The molecule has 1 saturated heterocycles. The first kappa shape index (κ1) is 14.6. The number of carbonyl (C=O) groups excluding carboxylic acids is 1. The molecule has 0 radical (unpaired) electrons. The van der Waals surface area contributed by atoms with Crippen molar-refractivity contribution in [2.45, 2.75) is 39.3 Å². The van der Waals surface area contributed by atoms with E-state index in [0.717, 1.165) is 41.9 Å². The lowest BCUT2D eigenvalue weighted by Gasteiger charge is -2.25. The van der Waals surface area contributed by atoms with Crippen molar-refractivity contribution in [1.29, 1.82) is 0 Å². The minimum Gasteiger partial charge on any atom is -0.334 e. The van der Waals surface area contributed by atoms with Crippen molar-refractivity contribution in [3.8, 4) is 0 Å². The molecule has 1 aliphatic heterocycles. The normalized spacial score (nSPS) is 17.7. The van der Waals surface area contributed by atoms with E-state index >= 15 is 0 Å². The highest BCUT2D eigenvalue weighted by molar-refractivity contribution is 5.75. The monoisotopic (exact) mass is 299 g/mol. The Bertz CT molecular complexity index is 632. The first-order valence-corrected chi connectivity index (χ1v) is 7.61. The zero-order valence-electron chi connectivity index (χ0n) is 13.0. The van der Waals surface area contributed by atoms with E-state index in [1.54, 1.807) is 12.4 Å². The second-order valence-corrected chi connectivity index (χ2v) is 5.71. The molecule has 2 N–H and O–H groups in total. The minimum atomic E-state index is -0.0145. The fraction of sp³-hybridized carbons (Fsp3) is 0.438. The number of nitrogens with one attached hydrogen (secondary N) is 2. The molecule has 3 heterocycles. The maximum atomic E-state index is 12.5. The van der Waals surface area contributed by atoms with Crippen LogP contribution in [0.1, 0.15) is 41.4 Å². The molecule has 0 bridgehead atoms. The number of aromatic amines is 1. The van der Waals surface area contributed by atoms with E-state index in [2.05, 4.69) is 20.5 Å². The van der Waals surface area contributed by atoms with E-state index in [1.807, 2.05) is 30.9 Å². The molecule has 1 fully saturated rings. The van der Waals surface area contributed by atoms with Crippen LogP contribution in [0.2, 0.25) is 0 Å². The van der Waals surface area contributed by atoms with Gasteiger partial charge >= 0.3 is 6.03 Å². The van der Waals surface area contributed by atoms with Gasteiger partial charge < -0.3 is 10.2 Å². The summed E-state index contributed by atoms with van der Waals surface area (Å²) in [7, 11) is 0. The zero-order valence-corrected chi connectivity index (χ0v) is 13.0. The van der Waals surface area contributed by atoms with Crippen LogP contribution in [0.4, 0.5) is 4.79 Å². The van der Waals surface area contributed by atoms with Crippen LogP contribution >= 0.6 is 0 Å². The van der Waals surface area contributed by atoms with Gasteiger partial charge in [0.2, 0.25) is 0 Å². The van der Waals surface area contributed by atoms with Gasteiger partial charge in [-0.15, -0.1) is 0 Å². The third kappa shape index (κ3) is 2.81. The highest BCUT2D eigenvalue weighted by atomic mass is 16.2. The topological polar surface area (TPSA) is 73.9 Å². The van der Waals surface area contributed by atoms with Gasteiger partial charge in [0, 0.05) is 36.7 Å². The summed E-state index contributed by atoms with van der Waals surface area (Å²) in [6.45, 7) is 5.32. The van der Waals surface area contributed by atoms with E-state index in [4.69, 9.17) is 0 Å². The lowest BCUT2D eigenvalue weighted by atomic mass is 10.0. The SMILES string of the molecule is Cc1n[nH]c(C)c1C1CCCN1C(=O)NCc1ccncc1. The smallest absolute Gasteiger partial charge is 0.318 e. The number of hydrogen-bond acceptors (Lipinski definition) is 3. The second-order valence-electron chi connectivity index (χ2n) is 5.71. The molecule has 1 atom stereocenters. The summed E-state index contributed by atoms with van der Waals surface area (Å²) in [5, 5.41) is 10.3. The minimum absolute atomic E-state index is 0.0145. The third-order valence-corrected chi connectivity index (χ3v) is 4.23. The van der Waals surface area contributed by atoms with Crippen LogP contribution in [0.5, 0.6) is 0 Å². The van der Waals surface area contributed by atoms with Crippen molar-refractivity contribution in [3.63, 3.8) is 0 Å². The number of nitrogens with zero attached hydrogens (tertiary/aromatic N) is 3. The summed E-state index contributed by atoms with van der Waals surface area (Å²) in [6.07, 6.45) is 5.48. The van der Waals surface area contributed by atoms with Gasteiger partial charge in [0.25, 0.3) is 0 Å². The molecule has 22 heavy (non-hydrogen) atoms. The number of aryl methyl sites for hydroxylation is 2. The summed E-state index contributed by atoms with van der Waals surface area (Å²) in [4.78, 5) is 18.4. The number of carbonyl (C=O) groups is 1. The molecule has 2 aromatic rings. The summed E-state index contributed by atoms with van der Waals surface area (Å²) < 4.78 is 0. The molecule has 6 nitrogen and oxygen atoms in total. The average molecular weight is 299 g/mol. The molecule has 1 aliphatic rings. The Morgan fingerprint density at radius 1 is 1.41 bits per heavy atom. The molecule has 0 saturated carbocycles. The van der Waals surface area contributed by atoms with Gasteiger partial charge in [-0.05, 0) is 44.4 Å². The number of aromatic nitrogens is 3. The number of amides is 2. The number of H-pyrrole nitrogens is 1. The first-order chi connectivity index (χ1) is 10.7. The fourth-order valence-electron chi connectivity index (χ4n) is 3.14. The van der Waals surface area contributed by atoms with Gasteiger partial charge in [0.05, 0.1) is 11.7 Å². The van der Waals surface area contributed by atoms with Gasteiger partial charge in [-0.1, -0.05) is 0 Å². The molecule has 2 amide bonds. The molecule has 0 spiro atoms. The van der Waals surface area contributed by atoms with Crippen LogP contribution < -0.4 is 5.32 Å². The third-order valence-electron chi connectivity index (χ3n) is 4.23. The molecule has 6 heteroatoms. The Labute approximate surface area is 129 Å². The molecule has 0 aromatic carbocycles. The molecule has 3 rings (SSSR count). The lowest BCUT2D eigenvalue weighted by Crippen LogP contribution is -2.39. The van der Waals surface area contributed by atoms with Gasteiger partial charge in [-0.2, -0.15) is 5.10 Å². The lowest BCUT2D eigenvalue weighted by molar-refractivity contribution is 0.192. The number of rotatable bonds is 3. The van der Waals surface area contributed by atoms with Crippen molar-refractivity contribution >= 4 is 6.03 Å². The molecular weight excluding hydrogens is 278 g/mol. The second kappa shape index (κ2) is 6.17. The van der Waals surface area contributed by atoms with Crippen molar-refractivity contribution in [2.75, 3.05) is 6.54 Å². The number of pyridine rings is 1. The van der Waals surface area contributed by atoms with E-state index in [9.17, 15) is 4.79 Å². The predicted octanol–water partition coefficient (Wildman–Crippen LogP) is 2.47. The van der Waals surface area contributed by atoms with Crippen LogP contribution in [0.3, 0.4) is 0 Å². The maximum absolute atomic E-state index is 12.5. The van der Waals surface area contributed by atoms with Crippen molar-refractivity contribution in [2.24, 2.45) is 0 Å². The summed E-state index contributed by atoms with van der Waals surface area (Å²) in [6, 6.07) is 3.92. The molecular formula is C16H21N5O. The van der Waals surface area contributed by atoms with Crippen LogP contribution in [-0.4, -0.2) is 32.7 Å².